The van der Waals surface area contributed by atoms with Crippen LogP contribution in [-0.4, -0.2) is 26.3 Å². The lowest BCUT2D eigenvalue weighted by Gasteiger charge is -2.19. The van der Waals surface area contributed by atoms with Gasteiger partial charge in [0.1, 0.15) is 0 Å². The molecule has 2 atom stereocenters. The number of hydrogen-bond donors (Lipinski definition) is 1. The van der Waals surface area contributed by atoms with E-state index < -0.39 is 6.10 Å². The van der Waals surface area contributed by atoms with E-state index in [1.54, 1.807) is 19.3 Å². The third-order valence-electron chi connectivity index (χ3n) is 3.12. The molecule has 0 spiro atoms. The fraction of sp³-hybridized carbons (Fsp3) is 0.500. The fourth-order valence-corrected chi connectivity index (χ4v) is 2.21. The van der Waals surface area contributed by atoms with Gasteiger partial charge in [-0.25, -0.2) is 0 Å². The molecular formula is C14H19N3O2. The van der Waals surface area contributed by atoms with Gasteiger partial charge >= 0.3 is 0 Å². The summed E-state index contributed by atoms with van der Waals surface area (Å²) in [5.74, 6) is 1.26. The van der Waals surface area contributed by atoms with E-state index >= 15 is 0 Å². The molecule has 19 heavy (non-hydrogen) atoms. The number of hydrogen-bond acceptors (Lipinski definition) is 5. The molecule has 2 heterocycles. The van der Waals surface area contributed by atoms with Crippen LogP contribution in [0, 0.1) is 5.92 Å². The van der Waals surface area contributed by atoms with Crippen molar-refractivity contribution in [1.82, 2.24) is 15.1 Å². The summed E-state index contributed by atoms with van der Waals surface area (Å²) in [7, 11) is 0. The molecule has 0 aliphatic heterocycles. The number of pyridine rings is 1. The van der Waals surface area contributed by atoms with Gasteiger partial charge in [-0.3, -0.25) is 4.98 Å². The van der Waals surface area contributed by atoms with Crippen molar-refractivity contribution in [2.24, 2.45) is 5.92 Å². The van der Waals surface area contributed by atoms with Crippen LogP contribution in [0.4, 0.5) is 0 Å². The zero-order valence-electron chi connectivity index (χ0n) is 11.4. The van der Waals surface area contributed by atoms with Crippen molar-refractivity contribution < 1.29 is 9.63 Å². The lowest BCUT2D eigenvalue weighted by molar-refractivity contribution is 0.120. The highest BCUT2D eigenvalue weighted by molar-refractivity contribution is 5.15. The predicted molar refractivity (Wildman–Crippen MR) is 70.6 cm³/mol. The minimum atomic E-state index is -0.505. The topological polar surface area (TPSA) is 72.0 Å². The first-order chi connectivity index (χ1) is 9.08. The number of nitrogens with zero attached hydrogens (tertiary/aromatic N) is 3. The molecule has 0 aliphatic rings. The number of aliphatic hydroxyl groups excluding tert-OH is 1. The van der Waals surface area contributed by atoms with Crippen LogP contribution in [0.2, 0.25) is 0 Å². The van der Waals surface area contributed by atoms with Crippen LogP contribution in [-0.2, 0) is 6.42 Å². The Labute approximate surface area is 112 Å². The van der Waals surface area contributed by atoms with Gasteiger partial charge in [-0.2, -0.15) is 4.98 Å². The molecule has 0 bridgehead atoms. The maximum Gasteiger partial charge on any atom is 0.232 e. The highest BCUT2D eigenvalue weighted by Gasteiger charge is 2.27. The van der Waals surface area contributed by atoms with E-state index in [1.165, 1.54) is 0 Å². The highest BCUT2D eigenvalue weighted by atomic mass is 16.5. The summed E-state index contributed by atoms with van der Waals surface area (Å²) in [6.07, 6.45) is 3.58. The van der Waals surface area contributed by atoms with Crippen LogP contribution in [0.3, 0.4) is 0 Å². The van der Waals surface area contributed by atoms with Crippen LogP contribution in [0.15, 0.2) is 29.0 Å². The normalized spacial score (nSPS) is 14.6. The molecule has 0 aliphatic carbocycles. The van der Waals surface area contributed by atoms with E-state index in [9.17, 15) is 5.11 Å². The molecule has 2 unspecified atom stereocenters. The standard InChI is InChI=1S/C14H19N3O2/c1-9(2)13(10(3)18)14-16-12(17-19-14)8-11-4-6-15-7-5-11/h4-7,9-10,13,18H,8H2,1-3H3. The van der Waals surface area contributed by atoms with Gasteiger partial charge in [-0.15, -0.1) is 0 Å². The average Bonchev–Trinajstić information content (AvgIpc) is 2.77. The monoisotopic (exact) mass is 261 g/mol. The largest absolute Gasteiger partial charge is 0.393 e. The van der Waals surface area contributed by atoms with Gasteiger partial charge in [0.25, 0.3) is 0 Å². The second-order valence-corrected chi connectivity index (χ2v) is 5.09. The molecule has 0 fully saturated rings. The van der Waals surface area contributed by atoms with Crippen molar-refractivity contribution in [1.29, 1.82) is 0 Å². The Kier molecular flexibility index (Phi) is 4.27. The van der Waals surface area contributed by atoms with Gasteiger partial charge in [-0.05, 0) is 30.5 Å². The third-order valence-corrected chi connectivity index (χ3v) is 3.12. The van der Waals surface area contributed by atoms with Crippen molar-refractivity contribution in [3.63, 3.8) is 0 Å². The molecule has 0 aromatic carbocycles. The number of rotatable bonds is 5. The van der Waals surface area contributed by atoms with Crippen molar-refractivity contribution >= 4 is 0 Å². The Balaban J connectivity index is 2.14. The second-order valence-electron chi connectivity index (χ2n) is 5.09. The molecule has 0 amide bonds. The van der Waals surface area contributed by atoms with Gasteiger partial charge in [0.05, 0.1) is 12.0 Å². The van der Waals surface area contributed by atoms with Gasteiger partial charge in [0, 0.05) is 18.8 Å². The zero-order valence-corrected chi connectivity index (χ0v) is 11.4. The molecule has 2 aromatic heterocycles. The van der Waals surface area contributed by atoms with Crippen molar-refractivity contribution in [3.05, 3.63) is 41.8 Å². The van der Waals surface area contributed by atoms with Crippen LogP contribution in [0.25, 0.3) is 0 Å². The number of aliphatic hydroxyl groups is 1. The smallest absolute Gasteiger partial charge is 0.232 e. The van der Waals surface area contributed by atoms with E-state index in [0.29, 0.717) is 18.1 Å². The van der Waals surface area contributed by atoms with Gasteiger partial charge < -0.3 is 9.63 Å². The molecule has 1 N–H and O–H groups in total. The Morgan fingerprint density at radius 3 is 2.47 bits per heavy atom. The summed E-state index contributed by atoms with van der Waals surface area (Å²) in [5.41, 5.74) is 1.08. The number of aromatic nitrogens is 3. The Hall–Kier alpha value is -1.75. The summed E-state index contributed by atoms with van der Waals surface area (Å²) in [6.45, 7) is 5.81. The fourth-order valence-electron chi connectivity index (χ4n) is 2.21. The molecule has 2 rings (SSSR count). The van der Waals surface area contributed by atoms with E-state index in [-0.39, 0.29) is 11.8 Å². The SMILES string of the molecule is CC(C)C(c1nc(Cc2ccncc2)no1)C(C)O. The van der Waals surface area contributed by atoms with E-state index in [2.05, 4.69) is 15.1 Å². The lowest BCUT2D eigenvalue weighted by atomic mass is 9.91. The molecule has 2 aromatic rings. The quantitative estimate of drug-likeness (QED) is 0.893. The summed E-state index contributed by atoms with van der Waals surface area (Å²) >= 11 is 0. The molecule has 5 nitrogen and oxygen atoms in total. The van der Waals surface area contributed by atoms with Crippen molar-refractivity contribution in [2.75, 3.05) is 0 Å². The average molecular weight is 261 g/mol. The second kappa shape index (κ2) is 5.93. The predicted octanol–water partition coefficient (Wildman–Crippen LogP) is 2.18. The maximum atomic E-state index is 9.80. The van der Waals surface area contributed by atoms with Gasteiger partial charge in [0.2, 0.25) is 5.89 Å². The Morgan fingerprint density at radius 1 is 1.21 bits per heavy atom. The van der Waals surface area contributed by atoms with E-state index in [1.807, 2.05) is 26.0 Å². The van der Waals surface area contributed by atoms with Crippen LogP contribution in [0.1, 0.15) is 44.0 Å². The molecule has 0 saturated heterocycles. The van der Waals surface area contributed by atoms with Crippen LogP contribution in [0.5, 0.6) is 0 Å². The van der Waals surface area contributed by atoms with Crippen molar-refractivity contribution in [2.45, 2.75) is 39.2 Å². The van der Waals surface area contributed by atoms with E-state index in [4.69, 9.17) is 4.52 Å². The maximum absolute atomic E-state index is 9.80. The Morgan fingerprint density at radius 2 is 1.89 bits per heavy atom. The van der Waals surface area contributed by atoms with Crippen molar-refractivity contribution in [3.8, 4) is 0 Å². The Bertz CT molecular complexity index is 500. The minimum absolute atomic E-state index is 0.126. The molecule has 102 valence electrons. The first-order valence-corrected chi connectivity index (χ1v) is 6.47. The molecular weight excluding hydrogens is 242 g/mol. The first-order valence-electron chi connectivity index (χ1n) is 6.47. The van der Waals surface area contributed by atoms with Crippen LogP contribution >= 0.6 is 0 Å². The minimum Gasteiger partial charge on any atom is -0.393 e. The molecule has 0 saturated carbocycles. The summed E-state index contributed by atoms with van der Waals surface area (Å²) < 4.78 is 5.28. The molecule has 5 heteroatoms. The van der Waals surface area contributed by atoms with Gasteiger partial charge in [0.15, 0.2) is 5.82 Å². The van der Waals surface area contributed by atoms with Gasteiger partial charge in [-0.1, -0.05) is 19.0 Å². The summed E-state index contributed by atoms with van der Waals surface area (Å²) in [4.78, 5) is 8.36. The molecule has 0 radical (unpaired) electrons. The lowest BCUT2D eigenvalue weighted by Crippen LogP contribution is -2.20. The van der Waals surface area contributed by atoms with Crippen LogP contribution < -0.4 is 0 Å². The summed E-state index contributed by atoms with van der Waals surface area (Å²) in [6, 6.07) is 3.84. The first kappa shape index (κ1) is 13.7. The zero-order chi connectivity index (χ0) is 13.8. The summed E-state index contributed by atoms with van der Waals surface area (Å²) in [5, 5.41) is 13.8. The highest BCUT2D eigenvalue weighted by Crippen LogP contribution is 2.26. The van der Waals surface area contributed by atoms with E-state index in [0.717, 1.165) is 5.56 Å². The third kappa shape index (κ3) is 3.38.